The number of amides is 2. The lowest BCUT2D eigenvalue weighted by atomic mass is 9.81. The molecule has 2 aliphatic heterocycles. The molecular formula is C23H22BrF3N2O3. The second-order valence-corrected chi connectivity index (χ2v) is 10.00. The van der Waals surface area contributed by atoms with Crippen LogP contribution in [0.15, 0.2) is 46.9 Å². The van der Waals surface area contributed by atoms with Gasteiger partial charge in [-0.1, -0.05) is 15.9 Å². The molecule has 0 aromatic heterocycles. The zero-order valence-electron chi connectivity index (χ0n) is 17.8. The summed E-state index contributed by atoms with van der Waals surface area (Å²) in [6, 6.07) is 9.92. The molecule has 4 rings (SSSR count). The fourth-order valence-corrected chi connectivity index (χ4v) is 4.63. The van der Waals surface area contributed by atoms with Crippen LogP contribution in [0.4, 0.5) is 29.3 Å². The molecule has 0 aliphatic carbocycles. The Morgan fingerprint density at radius 3 is 2.34 bits per heavy atom. The van der Waals surface area contributed by atoms with Gasteiger partial charge in [0, 0.05) is 23.2 Å². The third-order valence-electron chi connectivity index (χ3n) is 5.70. The number of benzene rings is 2. The summed E-state index contributed by atoms with van der Waals surface area (Å²) >= 11 is 3.45. The van der Waals surface area contributed by atoms with E-state index >= 15 is 0 Å². The van der Waals surface area contributed by atoms with E-state index < -0.39 is 28.8 Å². The van der Waals surface area contributed by atoms with Gasteiger partial charge in [-0.25, -0.2) is 4.79 Å². The Morgan fingerprint density at radius 2 is 1.75 bits per heavy atom. The molecular weight excluding hydrogens is 489 g/mol. The van der Waals surface area contributed by atoms with Gasteiger partial charge in [-0.3, -0.25) is 9.69 Å². The first-order valence-electron chi connectivity index (χ1n) is 10.1. The molecule has 0 radical (unpaired) electrons. The Bertz CT molecular complexity index is 1080. The minimum atomic E-state index is -4.46. The van der Waals surface area contributed by atoms with Crippen molar-refractivity contribution in [3.63, 3.8) is 0 Å². The molecule has 1 unspecified atom stereocenters. The van der Waals surface area contributed by atoms with Crippen molar-refractivity contribution < 1.29 is 27.5 Å². The zero-order valence-corrected chi connectivity index (χ0v) is 19.4. The van der Waals surface area contributed by atoms with E-state index in [0.717, 1.165) is 22.2 Å². The van der Waals surface area contributed by atoms with Crippen molar-refractivity contribution in [2.24, 2.45) is 0 Å². The van der Waals surface area contributed by atoms with Crippen molar-refractivity contribution in [2.75, 3.05) is 18.0 Å². The van der Waals surface area contributed by atoms with Crippen molar-refractivity contribution >= 4 is 39.3 Å². The molecule has 2 amide bonds. The molecule has 32 heavy (non-hydrogen) atoms. The van der Waals surface area contributed by atoms with Crippen molar-refractivity contribution in [1.82, 2.24) is 4.90 Å². The highest BCUT2D eigenvalue weighted by Gasteiger charge is 2.56. The number of likely N-dealkylation sites (tertiary alicyclic amines) is 1. The summed E-state index contributed by atoms with van der Waals surface area (Å²) in [5.74, 6) is -0.267. The van der Waals surface area contributed by atoms with Crippen molar-refractivity contribution in [3.05, 3.63) is 58.1 Å². The van der Waals surface area contributed by atoms with Crippen LogP contribution in [0.2, 0.25) is 0 Å². The van der Waals surface area contributed by atoms with E-state index in [1.807, 2.05) is 6.07 Å². The number of rotatable bonds is 1. The summed E-state index contributed by atoms with van der Waals surface area (Å²) < 4.78 is 45.2. The van der Waals surface area contributed by atoms with Gasteiger partial charge in [0.05, 0.1) is 16.7 Å². The first-order chi connectivity index (χ1) is 14.8. The lowest BCUT2D eigenvalue weighted by Gasteiger charge is -2.27. The highest BCUT2D eigenvalue weighted by Crippen LogP contribution is 2.51. The van der Waals surface area contributed by atoms with E-state index in [9.17, 15) is 22.8 Å². The number of fused-ring (bicyclic) bond motifs is 2. The fourth-order valence-electron chi connectivity index (χ4n) is 4.27. The molecule has 0 bridgehead atoms. The standard InChI is InChI=1S/C23H22BrF3N2O3/c1-21(2,3)32-20(31)28-11-10-22(13-28)17-12-15(24)6-9-18(17)29(19(22)30)16-7-4-14(5-8-16)23(25,26)27/h4-9,12H,10-11,13H2,1-3H3. The predicted molar refractivity (Wildman–Crippen MR) is 117 cm³/mol. The van der Waals surface area contributed by atoms with Gasteiger partial charge in [-0.15, -0.1) is 0 Å². The zero-order chi connectivity index (χ0) is 23.5. The number of hydrogen-bond acceptors (Lipinski definition) is 3. The van der Waals surface area contributed by atoms with Gasteiger partial charge in [-0.2, -0.15) is 13.2 Å². The average molecular weight is 511 g/mol. The maximum atomic E-state index is 13.7. The minimum absolute atomic E-state index is 0.140. The van der Waals surface area contributed by atoms with E-state index in [4.69, 9.17) is 4.74 Å². The maximum absolute atomic E-state index is 13.7. The minimum Gasteiger partial charge on any atom is -0.444 e. The smallest absolute Gasteiger partial charge is 0.416 e. The van der Waals surface area contributed by atoms with E-state index in [-0.39, 0.29) is 12.5 Å². The van der Waals surface area contributed by atoms with E-state index in [2.05, 4.69) is 15.9 Å². The summed E-state index contributed by atoms with van der Waals surface area (Å²) in [5.41, 5.74) is -0.750. The molecule has 5 nitrogen and oxygen atoms in total. The first kappa shape index (κ1) is 22.6. The summed E-state index contributed by atoms with van der Waals surface area (Å²) in [5, 5.41) is 0. The third kappa shape index (κ3) is 3.87. The van der Waals surface area contributed by atoms with Gasteiger partial charge in [0.25, 0.3) is 0 Å². The van der Waals surface area contributed by atoms with Crippen molar-refractivity contribution in [2.45, 2.75) is 44.4 Å². The molecule has 1 fully saturated rings. The fraction of sp³-hybridized carbons (Fsp3) is 0.391. The Labute approximate surface area is 192 Å². The third-order valence-corrected chi connectivity index (χ3v) is 6.19. The highest BCUT2D eigenvalue weighted by atomic mass is 79.9. The Kier molecular flexibility index (Phi) is 5.31. The molecule has 170 valence electrons. The van der Waals surface area contributed by atoms with Gasteiger partial charge in [0.15, 0.2) is 0 Å². The van der Waals surface area contributed by atoms with Crippen LogP contribution in [0.5, 0.6) is 0 Å². The van der Waals surface area contributed by atoms with Crippen LogP contribution >= 0.6 is 15.9 Å². The first-order valence-corrected chi connectivity index (χ1v) is 10.9. The van der Waals surface area contributed by atoms with Gasteiger partial charge < -0.3 is 9.64 Å². The van der Waals surface area contributed by atoms with Crippen LogP contribution in [0.3, 0.4) is 0 Å². The molecule has 2 heterocycles. The van der Waals surface area contributed by atoms with Gasteiger partial charge in [0.1, 0.15) is 5.60 Å². The summed E-state index contributed by atoms with van der Waals surface area (Å²) in [7, 11) is 0. The summed E-state index contributed by atoms with van der Waals surface area (Å²) in [6.07, 6.45) is -4.56. The van der Waals surface area contributed by atoms with E-state index in [0.29, 0.717) is 24.3 Å². The number of carbonyl (C=O) groups is 2. The molecule has 1 atom stereocenters. The number of halogens is 4. The number of alkyl halides is 3. The topological polar surface area (TPSA) is 49.9 Å². The number of nitrogens with zero attached hydrogens (tertiary/aromatic N) is 2. The molecule has 1 saturated heterocycles. The van der Waals surface area contributed by atoms with Crippen molar-refractivity contribution in [1.29, 1.82) is 0 Å². The monoisotopic (exact) mass is 510 g/mol. The van der Waals surface area contributed by atoms with Gasteiger partial charge >= 0.3 is 12.3 Å². The number of carbonyl (C=O) groups excluding carboxylic acids is 2. The second kappa shape index (κ2) is 7.50. The molecule has 0 N–H and O–H groups in total. The summed E-state index contributed by atoms with van der Waals surface area (Å²) in [4.78, 5) is 29.3. The maximum Gasteiger partial charge on any atom is 0.416 e. The van der Waals surface area contributed by atoms with E-state index in [1.165, 1.54) is 21.9 Å². The van der Waals surface area contributed by atoms with E-state index in [1.54, 1.807) is 32.9 Å². The largest absolute Gasteiger partial charge is 0.444 e. The SMILES string of the molecule is CC(C)(C)OC(=O)N1CCC2(C1)C(=O)N(c1ccc(C(F)(F)F)cc1)c1ccc(Br)cc12. The summed E-state index contributed by atoms with van der Waals surface area (Å²) in [6.45, 7) is 5.80. The molecule has 1 spiro atoms. The van der Waals surface area contributed by atoms with Crippen molar-refractivity contribution in [3.8, 4) is 0 Å². The molecule has 2 aromatic rings. The van der Waals surface area contributed by atoms with Gasteiger partial charge in [-0.05, 0) is 75.2 Å². The number of hydrogen-bond donors (Lipinski definition) is 0. The molecule has 2 aromatic carbocycles. The lowest BCUT2D eigenvalue weighted by molar-refractivity contribution is -0.137. The lowest BCUT2D eigenvalue weighted by Crippen LogP contribution is -2.43. The Morgan fingerprint density at radius 1 is 1.09 bits per heavy atom. The Hall–Kier alpha value is -2.55. The van der Waals surface area contributed by atoms with Gasteiger partial charge in [0.2, 0.25) is 5.91 Å². The van der Waals surface area contributed by atoms with Crippen LogP contribution in [-0.2, 0) is 21.1 Å². The van der Waals surface area contributed by atoms with Crippen LogP contribution in [0.1, 0.15) is 38.3 Å². The Balaban J connectivity index is 1.72. The van der Waals surface area contributed by atoms with Crippen LogP contribution in [0.25, 0.3) is 0 Å². The van der Waals surface area contributed by atoms with Crippen LogP contribution < -0.4 is 4.90 Å². The average Bonchev–Trinajstić information content (AvgIpc) is 3.22. The normalized spacial score (nSPS) is 20.8. The second-order valence-electron chi connectivity index (χ2n) is 9.08. The number of ether oxygens (including phenoxy) is 1. The molecule has 0 saturated carbocycles. The number of anilines is 2. The predicted octanol–water partition coefficient (Wildman–Crippen LogP) is 6.02. The highest BCUT2D eigenvalue weighted by molar-refractivity contribution is 9.10. The molecule has 9 heteroatoms. The van der Waals surface area contributed by atoms with Crippen LogP contribution in [0, 0.1) is 0 Å². The quantitative estimate of drug-likeness (QED) is 0.470. The van der Waals surface area contributed by atoms with Crippen LogP contribution in [-0.4, -0.2) is 35.6 Å². The molecule has 2 aliphatic rings.